The molecule has 20 heavy (non-hydrogen) atoms. The maximum atomic E-state index is 11.0. The molecule has 1 N–H and O–H groups in total. The zero-order valence-corrected chi connectivity index (χ0v) is 11.8. The monoisotopic (exact) mass is 280 g/mol. The molecule has 0 bridgehead atoms. The minimum absolute atomic E-state index is 0.0638. The topological polar surface area (TPSA) is 98.3 Å². The summed E-state index contributed by atoms with van der Waals surface area (Å²) >= 11 is 0. The van der Waals surface area contributed by atoms with Crippen LogP contribution in [0.1, 0.15) is 27.2 Å². The van der Waals surface area contributed by atoms with Crippen LogP contribution in [-0.4, -0.2) is 15.9 Å². The number of benzene rings is 1. The molecular formula is C13H18N3O4. The normalized spacial score (nSPS) is 12.8. The molecule has 7 heteroatoms. The standard InChI is InChI=1S/C13H18N3O4/c1-5-11(13(2,3)4)14-12-9(15(17)18)7-6-8-10(12)16(19)20/h6-8,11,14H,1,5H2,2-4H3. The van der Waals surface area contributed by atoms with Gasteiger partial charge in [0.15, 0.2) is 5.69 Å². The molecule has 7 nitrogen and oxygen atoms in total. The summed E-state index contributed by atoms with van der Waals surface area (Å²) in [5.41, 5.74) is -0.908. The molecule has 0 aliphatic heterocycles. The molecule has 0 fully saturated rings. The van der Waals surface area contributed by atoms with Crippen molar-refractivity contribution in [3.05, 3.63) is 45.4 Å². The number of nitrogens with zero attached hydrogens (tertiary/aromatic N) is 2. The van der Waals surface area contributed by atoms with Crippen molar-refractivity contribution in [1.29, 1.82) is 0 Å². The van der Waals surface area contributed by atoms with Crippen LogP contribution in [0.25, 0.3) is 0 Å². The van der Waals surface area contributed by atoms with Gasteiger partial charge in [-0.15, -0.1) is 0 Å². The minimum atomic E-state index is -0.627. The van der Waals surface area contributed by atoms with Crippen LogP contribution in [0.5, 0.6) is 0 Å². The Morgan fingerprint density at radius 3 is 1.95 bits per heavy atom. The van der Waals surface area contributed by atoms with Crippen molar-refractivity contribution in [3.8, 4) is 0 Å². The summed E-state index contributed by atoms with van der Waals surface area (Å²) in [7, 11) is 0. The van der Waals surface area contributed by atoms with Crippen molar-refractivity contribution in [1.82, 2.24) is 0 Å². The van der Waals surface area contributed by atoms with Gasteiger partial charge in [0, 0.05) is 18.2 Å². The smallest absolute Gasteiger partial charge is 0.299 e. The molecule has 0 aliphatic rings. The van der Waals surface area contributed by atoms with Crippen molar-refractivity contribution in [2.24, 2.45) is 5.41 Å². The molecule has 1 aromatic rings. The van der Waals surface area contributed by atoms with Crippen LogP contribution in [-0.2, 0) is 0 Å². The number of anilines is 1. The molecule has 0 spiro atoms. The van der Waals surface area contributed by atoms with Gasteiger partial charge in [0.1, 0.15) is 0 Å². The van der Waals surface area contributed by atoms with Gasteiger partial charge in [0.2, 0.25) is 0 Å². The second kappa shape index (κ2) is 5.85. The summed E-state index contributed by atoms with van der Waals surface area (Å²) in [4.78, 5) is 20.8. The van der Waals surface area contributed by atoms with Crippen LogP contribution in [0.2, 0.25) is 0 Å². The van der Waals surface area contributed by atoms with Gasteiger partial charge < -0.3 is 5.32 Å². The maximum absolute atomic E-state index is 11.0. The molecule has 0 saturated carbocycles. The zero-order chi connectivity index (χ0) is 15.5. The summed E-state index contributed by atoms with van der Waals surface area (Å²) in [6.45, 7) is 9.62. The molecule has 0 aliphatic carbocycles. The quantitative estimate of drug-likeness (QED) is 0.656. The molecule has 0 heterocycles. The van der Waals surface area contributed by atoms with Crippen LogP contribution in [0, 0.1) is 32.6 Å². The first kappa shape index (κ1) is 15.9. The molecule has 1 rings (SSSR count). The Bertz CT molecular complexity index is 491. The predicted molar refractivity (Wildman–Crippen MR) is 76.6 cm³/mol. The van der Waals surface area contributed by atoms with E-state index in [0.29, 0.717) is 6.42 Å². The Labute approximate surface area is 117 Å². The number of nitrogens with one attached hydrogen (secondary N) is 1. The van der Waals surface area contributed by atoms with Crippen molar-refractivity contribution in [3.63, 3.8) is 0 Å². The molecular weight excluding hydrogens is 262 g/mol. The second-order valence-corrected chi connectivity index (χ2v) is 5.54. The van der Waals surface area contributed by atoms with Gasteiger partial charge in [-0.2, -0.15) is 0 Å². The summed E-state index contributed by atoms with van der Waals surface area (Å²) in [6, 6.07) is 3.58. The van der Waals surface area contributed by atoms with Gasteiger partial charge in [-0.05, 0) is 17.9 Å². The number of nitro groups is 2. The third-order valence-electron chi connectivity index (χ3n) is 3.07. The van der Waals surface area contributed by atoms with Gasteiger partial charge >= 0.3 is 0 Å². The van der Waals surface area contributed by atoms with E-state index in [2.05, 4.69) is 12.2 Å². The highest BCUT2D eigenvalue weighted by molar-refractivity contribution is 5.74. The van der Waals surface area contributed by atoms with E-state index in [1.165, 1.54) is 18.2 Å². The third kappa shape index (κ3) is 3.43. The Morgan fingerprint density at radius 2 is 1.65 bits per heavy atom. The van der Waals surface area contributed by atoms with E-state index < -0.39 is 9.85 Å². The highest BCUT2D eigenvalue weighted by Crippen LogP contribution is 2.37. The fourth-order valence-electron chi connectivity index (χ4n) is 1.88. The lowest BCUT2D eigenvalue weighted by molar-refractivity contribution is -0.392. The van der Waals surface area contributed by atoms with Crippen molar-refractivity contribution in [2.45, 2.75) is 33.2 Å². The Kier molecular flexibility index (Phi) is 4.65. The van der Waals surface area contributed by atoms with E-state index in [-0.39, 0.29) is 28.5 Å². The number of para-hydroxylation sites is 1. The van der Waals surface area contributed by atoms with Crippen LogP contribution in [0.3, 0.4) is 0 Å². The number of hydrogen-bond donors (Lipinski definition) is 1. The summed E-state index contributed by atoms with van der Waals surface area (Å²) in [5.74, 6) is 0. The predicted octanol–water partition coefficient (Wildman–Crippen LogP) is 3.55. The molecule has 1 radical (unpaired) electrons. The average molecular weight is 280 g/mol. The summed E-state index contributed by atoms with van der Waals surface area (Å²) in [6.07, 6.45) is 0.451. The zero-order valence-electron chi connectivity index (χ0n) is 11.8. The second-order valence-electron chi connectivity index (χ2n) is 5.54. The van der Waals surface area contributed by atoms with Crippen LogP contribution in [0.15, 0.2) is 18.2 Å². The van der Waals surface area contributed by atoms with Crippen LogP contribution < -0.4 is 5.32 Å². The average Bonchev–Trinajstić information content (AvgIpc) is 2.33. The molecule has 109 valence electrons. The first-order valence-electron chi connectivity index (χ1n) is 6.16. The third-order valence-corrected chi connectivity index (χ3v) is 3.07. The highest BCUT2D eigenvalue weighted by atomic mass is 16.6. The Morgan fingerprint density at radius 1 is 1.20 bits per heavy atom. The van der Waals surface area contributed by atoms with E-state index in [0.717, 1.165) is 0 Å². The van der Waals surface area contributed by atoms with E-state index >= 15 is 0 Å². The van der Waals surface area contributed by atoms with Crippen molar-refractivity contribution >= 4 is 17.1 Å². The van der Waals surface area contributed by atoms with Crippen molar-refractivity contribution in [2.75, 3.05) is 5.32 Å². The van der Waals surface area contributed by atoms with Gasteiger partial charge in [-0.1, -0.05) is 27.7 Å². The first-order valence-corrected chi connectivity index (χ1v) is 6.16. The van der Waals surface area contributed by atoms with Gasteiger partial charge in [-0.3, -0.25) is 20.2 Å². The van der Waals surface area contributed by atoms with Crippen molar-refractivity contribution < 1.29 is 9.85 Å². The van der Waals surface area contributed by atoms with Gasteiger partial charge in [0.25, 0.3) is 11.4 Å². The minimum Gasteiger partial charge on any atom is -0.371 e. The summed E-state index contributed by atoms with van der Waals surface area (Å²) < 4.78 is 0. The van der Waals surface area contributed by atoms with Gasteiger partial charge in [-0.25, -0.2) is 0 Å². The number of hydrogen-bond acceptors (Lipinski definition) is 5. The fraction of sp³-hybridized carbons (Fsp3) is 0.462. The molecule has 1 unspecified atom stereocenters. The van der Waals surface area contributed by atoms with E-state index in [1.54, 1.807) is 0 Å². The maximum Gasteiger partial charge on any atom is 0.299 e. The fourth-order valence-corrected chi connectivity index (χ4v) is 1.88. The Balaban J connectivity index is 3.33. The highest BCUT2D eigenvalue weighted by Gasteiger charge is 2.30. The SMILES string of the molecule is [CH2]CC(Nc1c([N+](=O)[O-])cccc1[N+](=O)[O-])C(C)(C)C. The largest absolute Gasteiger partial charge is 0.371 e. The lowest BCUT2D eigenvalue weighted by Gasteiger charge is -2.31. The molecule has 0 saturated heterocycles. The molecule has 1 aromatic carbocycles. The molecule has 1 atom stereocenters. The van der Waals surface area contributed by atoms with Gasteiger partial charge in [0.05, 0.1) is 9.85 Å². The van der Waals surface area contributed by atoms with E-state index in [1.807, 2.05) is 20.8 Å². The van der Waals surface area contributed by atoms with Crippen LogP contribution >= 0.6 is 0 Å². The Hall–Kier alpha value is -2.18. The first-order chi connectivity index (χ1) is 9.18. The van der Waals surface area contributed by atoms with Crippen LogP contribution in [0.4, 0.5) is 17.1 Å². The summed E-state index contributed by atoms with van der Waals surface area (Å²) in [5, 5.41) is 25.0. The lowest BCUT2D eigenvalue weighted by atomic mass is 9.85. The molecule has 0 amide bonds. The molecule has 0 aromatic heterocycles. The number of rotatable bonds is 5. The van der Waals surface area contributed by atoms with E-state index in [9.17, 15) is 20.2 Å². The lowest BCUT2D eigenvalue weighted by Crippen LogP contribution is -2.33. The van der Waals surface area contributed by atoms with E-state index in [4.69, 9.17) is 0 Å². The number of nitro benzene ring substituents is 2.